The average Bonchev–Trinajstić information content (AvgIpc) is 2.22. The van der Waals surface area contributed by atoms with Gasteiger partial charge in [0.1, 0.15) is 5.82 Å². The van der Waals surface area contributed by atoms with Crippen LogP contribution in [0.2, 0.25) is 0 Å². The number of hydrogen-bond donors (Lipinski definition) is 1. The quantitative estimate of drug-likeness (QED) is 0.866. The Balaban J connectivity index is 2.62. The Morgan fingerprint density at radius 2 is 2.11 bits per heavy atom. The van der Waals surface area contributed by atoms with E-state index in [4.69, 9.17) is 4.74 Å². The van der Waals surface area contributed by atoms with Crippen LogP contribution >= 0.6 is 15.9 Å². The van der Waals surface area contributed by atoms with Crippen LogP contribution in [0.1, 0.15) is 13.8 Å². The molecule has 0 aliphatic heterocycles. The number of nitrogens with one attached hydrogen (secondary N) is 1. The largest absolute Gasteiger partial charge is 0.378 e. The highest BCUT2D eigenvalue weighted by Gasteiger charge is 2.12. The van der Waals surface area contributed by atoms with Gasteiger partial charge in [0.25, 0.3) is 0 Å². The normalized spacial score (nSPS) is 11.8. The van der Waals surface area contributed by atoms with Crippen LogP contribution in [0.3, 0.4) is 0 Å². The first-order valence-corrected chi connectivity index (χ1v) is 7.82. The molecule has 0 aliphatic carbocycles. The number of sulfonamides is 1. The van der Waals surface area contributed by atoms with Gasteiger partial charge in [-0.1, -0.05) is 0 Å². The molecule has 1 aromatic rings. The van der Waals surface area contributed by atoms with Crippen molar-refractivity contribution in [2.24, 2.45) is 0 Å². The van der Waals surface area contributed by atoms with Crippen LogP contribution in [-0.2, 0) is 14.8 Å². The monoisotopic (exact) mass is 339 g/mol. The molecule has 0 spiro atoms. The lowest BCUT2D eigenvalue weighted by Crippen LogP contribution is -2.21. The van der Waals surface area contributed by atoms with E-state index in [-0.39, 0.29) is 28.6 Å². The van der Waals surface area contributed by atoms with E-state index in [1.54, 1.807) is 0 Å². The Labute approximate surface area is 115 Å². The van der Waals surface area contributed by atoms with Gasteiger partial charge in [-0.3, -0.25) is 4.72 Å². The fourth-order valence-electron chi connectivity index (χ4n) is 1.18. The van der Waals surface area contributed by atoms with Crippen molar-refractivity contribution in [3.8, 4) is 0 Å². The summed E-state index contributed by atoms with van der Waals surface area (Å²) in [6.45, 7) is 3.75. The second-order valence-electron chi connectivity index (χ2n) is 3.97. The van der Waals surface area contributed by atoms with Gasteiger partial charge in [-0.05, 0) is 48.0 Å². The summed E-state index contributed by atoms with van der Waals surface area (Å²) in [6.07, 6.45) is -0.0228. The molecular formula is C11H15BrFNO3S. The molecule has 0 unspecified atom stereocenters. The summed E-state index contributed by atoms with van der Waals surface area (Å²) in [5, 5.41) is 0. The maximum atomic E-state index is 13.2. The molecule has 4 nitrogen and oxygen atoms in total. The minimum absolute atomic E-state index is 0.0228. The van der Waals surface area contributed by atoms with Crippen molar-refractivity contribution in [3.05, 3.63) is 28.5 Å². The minimum atomic E-state index is -3.52. The van der Waals surface area contributed by atoms with E-state index < -0.39 is 15.8 Å². The van der Waals surface area contributed by atoms with Crippen LogP contribution in [0.4, 0.5) is 10.1 Å². The zero-order chi connectivity index (χ0) is 13.8. The third-order valence-electron chi connectivity index (χ3n) is 2.00. The van der Waals surface area contributed by atoms with Gasteiger partial charge in [-0.25, -0.2) is 12.8 Å². The van der Waals surface area contributed by atoms with E-state index in [2.05, 4.69) is 20.7 Å². The highest BCUT2D eigenvalue weighted by Crippen LogP contribution is 2.20. The topological polar surface area (TPSA) is 55.4 Å². The fourth-order valence-corrected chi connectivity index (χ4v) is 2.33. The third kappa shape index (κ3) is 5.32. The van der Waals surface area contributed by atoms with E-state index >= 15 is 0 Å². The molecule has 0 heterocycles. The lowest BCUT2D eigenvalue weighted by Gasteiger charge is -2.10. The van der Waals surface area contributed by atoms with Crippen LogP contribution < -0.4 is 4.72 Å². The first-order valence-electron chi connectivity index (χ1n) is 5.37. The lowest BCUT2D eigenvalue weighted by molar-refractivity contribution is 0.0913. The molecule has 0 fully saturated rings. The summed E-state index contributed by atoms with van der Waals surface area (Å²) < 4.78 is 44.2. The minimum Gasteiger partial charge on any atom is -0.378 e. The predicted molar refractivity (Wildman–Crippen MR) is 72.6 cm³/mol. The predicted octanol–water partition coefficient (Wildman–Crippen LogP) is 2.75. The Hall–Kier alpha value is -0.660. The van der Waals surface area contributed by atoms with Crippen molar-refractivity contribution in [2.45, 2.75) is 20.0 Å². The summed E-state index contributed by atoms with van der Waals surface area (Å²) in [4.78, 5) is 0. The number of hydrogen-bond acceptors (Lipinski definition) is 3. The molecular weight excluding hydrogens is 325 g/mol. The van der Waals surface area contributed by atoms with Crippen LogP contribution in [0.5, 0.6) is 0 Å². The summed E-state index contributed by atoms with van der Waals surface area (Å²) in [5.41, 5.74) is 0.195. The molecule has 0 amide bonds. The smallest absolute Gasteiger partial charge is 0.235 e. The maximum absolute atomic E-state index is 13.2. The molecule has 7 heteroatoms. The molecule has 1 N–H and O–H groups in total. The average molecular weight is 340 g/mol. The summed E-state index contributed by atoms with van der Waals surface area (Å²) in [5.74, 6) is -0.684. The van der Waals surface area contributed by atoms with Gasteiger partial charge < -0.3 is 4.74 Å². The molecule has 0 saturated carbocycles. The van der Waals surface area contributed by atoms with Crippen LogP contribution in [0.15, 0.2) is 22.7 Å². The third-order valence-corrected chi connectivity index (χ3v) is 3.89. The number of halogens is 2. The molecule has 1 rings (SSSR count). The van der Waals surface area contributed by atoms with Gasteiger partial charge >= 0.3 is 0 Å². The Kier molecular flexibility index (Phi) is 5.55. The molecule has 0 atom stereocenters. The first-order chi connectivity index (χ1) is 8.30. The summed E-state index contributed by atoms with van der Waals surface area (Å²) >= 11 is 2.99. The standard InChI is InChI=1S/C11H15BrFNO3S/c1-8(2)17-5-6-18(15,16)14-9-3-4-10(12)11(13)7-9/h3-4,7-8,14H,5-6H2,1-2H3. The van der Waals surface area contributed by atoms with Gasteiger partial charge in [-0.2, -0.15) is 0 Å². The Morgan fingerprint density at radius 1 is 1.44 bits per heavy atom. The first kappa shape index (κ1) is 15.4. The number of ether oxygens (including phenoxy) is 1. The van der Waals surface area contributed by atoms with Crippen LogP contribution in [-0.4, -0.2) is 26.9 Å². The molecule has 0 radical (unpaired) electrons. The molecule has 0 bridgehead atoms. The zero-order valence-corrected chi connectivity index (χ0v) is 12.5. The van der Waals surface area contributed by atoms with Gasteiger partial charge in [-0.15, -0.1) is 0 Å². The Bertz CT molecular complexity index is 505. The van der Waals surface area contributed by atoms with Crippen molar-refractivity contribution in [3.63, 3.8) is 0 Å². The highest BCUT2D eigenvalue weighted by atomic mass is 79.9. The Morgan fingerprint density at radius 3 is 2.67 bits per heavy atom. The zero-order valence-electron chi connectivity index (χ0n) is 10.1. The van der Waals surface area contributed by atoms with E-state index in [0.29, 0.717) is 0 Å². The second kappa shape index (κ2) is 6.49. The molecule has 0 aliphatic rings. The van der Waals surface area contributed by atoms with Crippen molar-refractivity contribution >= 4 is 31.6 Å². The SMILES string of the molecule is CC(C)OCCS(=O)(=O)Nc1ccc(Br)c(F)c1. The molecule has 1 aromatic carbocycles. The lowest BCUT2D eigenvalue weighted by atomic mass is 10.3. The van der Waals surface area contributed by atoms with Crippen molar-refractivity contribution in [1.82, 2.24) is 0 Å². The summed E-state index contributed by atoms with van der Waals surface area (Å²) in [7, 11) is -3.52. The van der Waals surface area contributed by atoms with E-state index in [9.17, 15) is 12.8 Å². The van der Waals surface area contributed by atoms with E-state index in [1.807, 2.05) is 13.8 Å². The van der Waals surface area contributed by atoms with Gasteiger partial charge in [0, 0.05) is 0 Å². The van der Waals surface area contributed by atoms with E-state index in [0.717, 1.165) is 6.07 Å². The maximum Gasteiger partial charge on any atom is 0.235 e. The summed E-state index contributed by atoms with van der Waals surface area (Å²) in [6, 6.07) is 4.04. The number of benzene rings is 1. The van der Waals surface area contributed by atoms with Crippen molar-refractivity contribution in [2.75, 3.05) is 17.1 Å². The molecule has 102 valence electrons. The number of anilines is 1. The van der Waals surface area contributed by atoms with Crippen molar-refractivity contribution < 1.29 is 17.5 Å². The highest BCUT2D eigenvalue weighted by molar-refractivity contribution is 9.10. The van der Waals surface area contributed by atoms with Gasteiger partial charge in [0.2, 0.25) is 10.0 Å². The second-order valence-corrected chi connectivity index (χ2v) is 6.67. The molecule has 0 aromatic heterocycles. The van der Waals surface area contributed by atoms with E-state index in [1.165, 1.54) is 12.1 Å². The fraction of sp³-hybridized carbons (Fsp3) is 0.455. The van der Waals surface area contributed by atoms with Gasteiger partial charge in [0.15, 0.2) is 0 Å². The van der Waals surface area contributed by atoms with Crippen LogP contribution in [0.25, 0.3) is 0 Å². The molecule has 18 heavy (non-hydrogen) atoms. The molecule has 0 saturated heterocycles. The van der Waals surface area contributed by atoms with Crippen molar-refractivity contribution in [1.29, 1.82) is 0 Å². The number of rotatable bonds is 6. The van der Waals surface area contributed by atoms with Crippen LogP contribution in [0, 0.1) is 5.82 Å². The van der Waals surface area contributed by atoms with Gasteiger partial charge in [0.05, 0.1) is 28.6 Å².